The topological polar surface area (TPSA) is 73.0 Å². The molecule has 2 heterocycles. The molecule has 7 nitrogen and oxygen atoms in total. The molecule has 2 aromatic carbocycles. The molecule has 2 aromatic heterocycles. The van der Waals surface area contributed by atoms with Crippen LogP contribution in [-0.2, 0) is 17.9 Å². The lowest BCUT2D eigenvalue weighted by molar-refractivity contribution is -0.130. The second-order valence-corrected chi connectivity index (χ2v) is 6.86. The summed E-state index contributed by atoms with van der Waals surface area (Å²) in [5.74, 6) is -0.0270. The normalized spacial score (nSPS) is 10.9. The van der Waals surface area contributed by atoms with Gasteiger partial charge in [-0.2, -0.15) is 5.10 Å². The molecule has 0 spiro atoms. The van der Waals surface area contributed by atoms with Gasteiger partial charge < -0.3 is 4.90 Å². The zero-order valence-electron chi connectivity index (χ0n) is 16.1. The Hall–Kier alpha value is -3.74. The fourth-order valence-corrected chi connectivity index (χ4v) is 3.22. The van der Waals surface area contributed by atoms with E-state index in [1.807, 2.05) is 60.7 Å². The predicted octanol–water partition coefficient (Wildman–Crippen LogP) is 2.63. The first-order valence-corrected chi connectivity index (χ1v) is 9.40. The Balaban J connectivity index is 1.48. The molecule has 0 aliphatic heterocycles. The van der Waals surface area contributed by atoms with Crippen LogP contribution in [0.1, 0.15) is 12.0 Å². The molecule has 0 saturated carbocycles. The Morgan fingerprint density at radius 2 is 1.72 bits per heavy atom. The van der Waals surface area contributed by atoms with Crippen LogP contribution in [0, 0.1) is 0 Å². The zero-order chi connectivity index (χ0) is 20.2. The van der Waals surface area contributed by atoms with Crippen molar-refractivity contribution in [3.8, 4) is 5.69 Å². The maximum Gasteiger partial charge on any atom is 0.264 e. The van der Waals surface area contributed by atoms with Crippen LogP contribution in [0.15, 0.2) is 78.0 Å². The van der Waals surface area contributed by atoms with Crippen molar-refractivity contribution in [1.82, 2.24) is 24.2 Å². The van der Waals surface area contributed by atoms with Crippen LogP contribution in [0.2, 0.25) is 0 Å². The van der Waals surface area contributed by atoms with E-state index in [1.54, 1.807) is 16.6 Å². The second-order valence-electron chi connectivity index (χ2n) is 6.86. The van der Waals surface area contributed by atoms with E-state index in [-0.39, 0.29) is 24.4 Å². The molecule has 146 valence electrons. The summed E-state index contributed by atoms with van der Waals surface area (Å²) in [6.07, 6.45) is 3.23. The second kappa shape index (κ2) is 8.10. The molecule has 29 heavy (non-hydrogen) atoms. The van der Waals surface area contributed by atoms with E-state index in [0.29, 0.717) is 17.6 Å². The lowest BCUT2D eigenvalue weighted by Crippen LogP contribution is -2.29. The number of hydrogen-bond acceptors (Lipinski definition) is 4. The molecule has 0 aliphatic rings. The third-order valence-corrected chi connectivity index (χ3v) is 4.81. The van der Waals surface area contributed by atoms with Crippen molar-refractivity contribution in [1.29, 1.82) is 0 Å². The number of amides is 1. The van der Waals surface area contributed by atoms with Crippen LogP contribution in [0.5, 0.6) is 0 Å². The van der Waals surface area contributed by atoms with Gasteiger partial charge in [-0.25, -0.2) is 9.67 Å². The zero-order valence-corrected chi connectivity index (χ0v) is 16.1. The molecule has 0 aliphatic carbocycles. The highest BCUT2D eigenvalue weighted by Gasteiger charge is 2.13. The van der Waals surface area contributed by atoms with Gasteiger partial charge >= 0.3 is 0 Å². The summed E-state index contributed by atoms with van der Waals surface area (Å²) in [5.41, 5.74) is 2.21. The lowest BCUT2D eigenvalue weighted by atomic mass is 10.2. The minimum Gasteiger partial charge on any atom is -0.341 e. The van der Waals surface area contributed by atoms with Crippen LogP contribution in [-0.4, -0.2) is 37.2 Å². The van der Waals surface area contributed by atoms with Gasteiger partial charge in [0.15, 0.2) is 5.65 Å². The minimum atomic E-state index is -0.198. The summed E-state index contributed by atoms with van der Waals surface area (Å²) in [5, 5.41) is 4.74. The van der Waals surface area contributed by atoms with Gasteiger partial charge in [-0.15, -0.1) is 0 Å². The molecule has 4 aromatic rings. The summed E-state index contributed by atoms with van der Waals surface area (Å²) in [4.78, 5) is 31.3. The van der Waals surface area contributed by atoms with Gasteiger partial charge in [-0.3, -0.25) is 14.2 Å². The third kappa shape index (κ3) is 3.94. The van der Waals surface area contributed by atoms with E-state index in [2.05, 4.69) is 10.1 Å². The quantitative estimate of drug-likeness (QED) is 0.510. The minimum absolute atomic E-state index is 0.0270. The highest BCUT2D eigenvalue weighted by Crippen LogP contribution is 2.13. The Labute approximate surface area is 167 Å². The van der Waals surface area contributed by atoms with Crippen LogP contribution in [0.4, 0.5) is 0 Å². The SMILES string of the molecule is CN(Cc1ccccc1)C(=O)CCn1cnc2c(cnn2-c2ccccc2)c1=O. The van der Waals surface area contributed by atoms with Crippen LogP contribution in [0.3, 0.4) is 0 Å². The fourth-order valence-electron chi connectivity index (χ4n) is 3.22. The number of nitrogens with zero attached hydrogens (tertiary/aromatic N) is 5. The molecule has 0 bridgehead atoms. The van der Waals surface area contributed by atoms with Gasteiger partial charge in [0.25, 0.3) is 5.56 Å². The number of fused-ring (bicyclic) bond motifs is 1. The Morgan fingerprint density at radius 1 is 1.03 bits per heavy atom. The van der Waals surface area contributed by atoms with Gasteiger partial charge in [-0.05, 0) is 17.7 Å². The van der Waals surface area contributed by atoms with Gasteiger partial charge in [0, 0.05) is 26.6 Å². The summed E-state index contributed by atoms with van der Waals surface area (Å²) >= 11 is 0. The number of para-hydroxylation sites is 1. The van der Waals surface area contributed by atoms with Crippen LogP contribution < -0.4 is 5.56 Å². The van der Waals surface area contributed by atoms with Gasteiger partial charge in [0.05, 0.1) is 18.2 Å². The van der Waals surface area contributed by atoms with Gasteiger partial charge in [-0.1, -0.05) is 48.5 Å². The molecule has 0 atom stereocenters. The lowest BCUT2D eigenvalue weighted by Gasteiger charge is -2.17. The van der Waals surface area contributed by atoms with E-state index < -0.39 is 0 Å². The monoisotopic (exact) mass is 387 g/mol. The number of carbonyl (C=O) groups excluding carboxylic acids is 1. The number of carbonyl (C=O) groups is 1. The first-order valence-electron chi connectivity index (χ1n) is 9.40. The number of rotatable bonds is 6. The average molecular weight is 387 g/mol. The average Bonchev–Trinajstić information content (AvgIpc) is 3.19. The third-order valence-electron chi connectivity index (χ3n) is 4.81. The maximum atomic E-state index is 12.8. The van der Waals surface area contributed by atoms with Crippen molar-refractivity contribution in [2.45, 2.75) is 19.5 Å². The van der Waals surface area contributed by atoms with Crippen molar-refractivity contribution in [3.05, 3.63) is 89.1 Å². The van der Waals surface area contributed by atoms with Crippen LogP contribution in [0.25, 0.3) is 16.7 Å². The number of benzene rings is 2. The van der Waals surface area contributed by atoms with E-state index >= 15 is 0 Å². The molecule has 0 fully saturated rings. The van der Waals surface area contributed by atoms with E-state index in [0.717, 1.165) is 11.3 Å². The Bertz CT molecular complexity index is 1180. The molecule has 1 amide bonds. The largest absolute Gasteiger partial charge is 0.341 e. The molecule has 7 heteroatoms. The van der Waals surface area contributed by atoms with Crippen molar-refractivity contribution >= 4 is 16.9 Å². The maximum absolute atomic E-state index is 12.8. The summed E-state index contributed by atoms with van der Waals surface area (Å²) in [6.45, 7) is 0.811. The summed E-state index contributed by atoms with van der Waals surface area (Å²) in [6, 6.07) is 19.3. The number of aromatic nitrogens is 4. The van der Waals surface area contributed by atoms with E-state index in [4.69, 9.17) is 0 Å². The summed E-state index contributed by atoms with van der Waals surface area (Å²) < 4.78 is 3.10. The molecule has 0 N–H and O–H groups in total. The van der Waals surface area contributed by atoms with Crippen molar-refractivity contribution < 1.29 is 4.79 Å². The summed E-state index contributed by atoms with van der Waals surface area (Å²) in [7, 11) is 1.77. The Kier molecular flexibility index (Phi) is 5.20. The highest BCUT2D eigenvalue weighted by atomic mass is 16.2. The molecule has 0 radical (unpaired) electrons. The predicted molar refractivity (Wildman–Crippen MR) is 111 cm³/mol. The number of hydrogen-bond donors (Lipinski definition) is 0. The fraction of sp³-hybridized carbons (Fsp3) is 0.182. The van der Waals surface area contributed by atoms with Crippen LogP contribution >= 0.6 is 0 Å². The van der Waals surface area contributed by atoms with E-state index in [1.165, 1.54) is 17.1 Å². The van der Waals surface area contributed by atoms with Crippen molar-refractivity contribution in [2.75, 3.05) is 7.05 Å². The first-order chi connectivity index (χ1) is 14.1. The highest BCUT2D eigenvalue weighted by molar-refractivity contribution is 5.76. The molecular weight excluding hydrogens is 366 g/mol. The standard InChI is InChI=1S/C22H21N5O2/c1-25(15-17-8-4-2-5-9-17)20(28)12-13-26-16-23-21-19(22(26)29)14-24-27(21)18-10-6-3-7-11-18/h2-11,14,16H,12-13,15H2,1H3. The molecule has 4 rings (SSSR count). The molecular formula is C22H21N5O2. The van der Waals surface area contributed by atoms with E-state index in [9.17, 15) is 9.59 Å². The van der Waals surface area contributed by atoms with Gasteiger partial charge in [0.1, 0.15) is 5.39 Å². The van der Waals surface area contributed by atoms with Crippen molar-refractivity contribution in [2.24, 2.45) is 0 Å². The first kappa shape index (κ1) is 18.6. The molecule has 0 saturated heterocycles. The smallest absolute Gasteiger partial charge is 0.264 e. The molecule has 0 unspecified atom stereocenters. The van der Waals surface area contributed by atoms with Gasteiger partial charge in [0.2, 0.25) is 5.91 Å². The van der Waals surface area contributed by atoms with Crippen molar-refractivity contribution in [3.63, 3.8) is 0 Å². The number of aryl methyl sites for hydroxylation is 1. The Morgan fingerprint density at radius 3 is 2.45 bits per heavy atom.